The fourth-order valence-corrected chi connectivity index (χ4v) is 3.39. The number of halogens is 1. The molecule has 4 nitrogen and oxygen atoms in total. The normalized spacial score (nSPS) is 12.9. The molecular formula is C12H16BrN3OS. The minimum atomic E-state index is -0.667. The molecule has 0 aliphatic rings. The lowest BCUT2D eigenvalue weighted by Crippen LogP contribution is -2.10. The van der Waals surface area contributed by atoms with E-state index in [1.807, 2.05) is 18.5 Å². The van der Waals surface area contributed by atoms with Crippen LogP contribution in [0.25, 0.3) is 0 Å². The highest BCUT2D eigenvalue weighted by molar-refractivity contribution is 9.10. The average molecular weight is 330 g/mol. The highest BCUT2D eigenvalue weighted by atomic mass is 79.9. The summed E-state index contributed by atoms with van der Waals surface area (Å²) in [5, 5.41) is 15.8. The number of nitrogens with zero attached hydrogens (tertiary/aromatic N) is 3. The third kappa shape index (κ3) is 2.50. The molecule has 18 heavy (non-hydrogen) atoms. The molecule has 1 N–H and O–H groups in total. The Balaban J connectivity index is 2.42. The van der Waals surface area contributed by atoms with E-state index in [0.717, 1.165) is 38.7 Å². The van der Waals surface area contributed by atoms with E-state index in [1.165, 1.54) is 11.3 Å². The predicted octanol–water partition coefficient (Wildman–Crippen LogP) is 3.21. The predicted molar refractivity (Wildman–Crippen MR) is 75.9 cm³/mol. The molecule has 0 aliphatic heterocycles. The maximum absolute atomic E-state index is 10.5. The minimum absolute atomic E-state index is 0.667. The SMILES string of the molecule is CCCn1ncc(Br)c1C(O)c1sc(C)nc1C. The zero-order valence-corrected chi connectivity index (χ0v) is 13.0. The van der Waals surface area contributed by atoms with Crippen LogP contribution in [0.2, 0.25) is 0 Å². The van der Waals surface area contributed by atoms with E-state index < -0.39 is 6.10 Å². The molecule has 0 saturated carbocycles. The molecule has 1 unspecified atom stereocenters. The van der Waals surface area contributed by atoms with Gasteiger partial charge in [0.15, 0.2) is 0 Å². The van der Waals surface area contributed by atoms with E-state index >= 15 is 0 Å². The Morgan fingerprint density at radius 1 is 1.50 bits per heavy atom. The first-order valence-electron chi connectivity index (χ1n) is 5.87. The Bertz CT molecular complexity index is 550. The van der Waals surface area contributed by atoms with Crippen LogP contribution in [-0.4, -0.2) is 19.9 Å². The van der Waals surface area contributed by atoms with Crippen LogP contribution in [0.3, 0.4) is 0 Å². The van der Waals surface area contributed by atoms with Gasteiger partial charge in [-0.05, 0) is 36.2 Å². The molecule has 0 spiro atoms. The van der Waals surface area contributed by atoms with E-state index in [1.54, 1.807) is 6.20 Å². The molecule has 0 aliphatic carbocycles. The third-order valence-electron chi connectivity index (χ3n) is 2.72. The van der Waals surface area contributed by atoms with Gasteiger partial charge in [-0.15, -0.1) is 11.3 Å². The monoisotopic (exact) mass is 329 g/mol. The Labute approximate surface area is 119 Å². The molecule has 0 radical (unpaired) electrons. The van der Waals surface area contributed by atoms with Gasteiger partial charge in [0.25, 0.3) is 0 Å². The molecule has 0 fully saturated rings. The Morgan fingerprint density at radius 2 is 2.22 bits per heavy atom. The summed E-state index contributed by atoms with van der Waals surface area (Å²) in [5.74, 6) is 0. The number of aryl methyl sites for hydroxylation is 3. The summed E-state index contributed by atoms with van der Waals surface area (Å²) in [5.41, 5.74) is 1.70. The summed E-state index contributed by atoms with van der Waals surface area (Å²) in [6.07, 6.45) is 2.05. The molecule has 2 heterocycles. The summed E-state index contributed by atoms with van der Waals surface area (Å²) in [7, 11) is 0. The first kappa shape index (κ1) is 13.7. The van der Waals surface area contributed by atoms with Crippen molar-refractivity contribution >= 4 is 27.3 Å². The summed E-state index contributed by atoms with van der Waals surface area (Å²) in [4.78, 5) is 5.26. The topological polar surface area (TPSA) is 50.9 Å². The highest BCUT2D eigenvalue weighted by Crippen LogP contribution is 2.33. The molecule has 2 aromatic rings. The van der Waals surface area contributed by atoms with Gasteiger partial charge in [-0.2, -0.15) is 5.10 Å². The van der Waals surface area contributed by atoms with Crippen molar-refractivity contribution in [3.63, 3.8) is 0 Å². The molecular weight excluding hydrogens is 314 g/mol. The molecule has 2 aromatic heterocycles. The number of hydrogen-bond acceptors (Lipinski definition) is 4. The zero-order chi connectivity index (χ0) is 13.3. The number of hydrogen-bond donors (Lipinski definition) is 1. The zero-order valence-electron chi connectivity index (χ0n) is 10.6. The molecule has 2 rings (SSSR count). The number of aliphatic hydroxyl groups excluding tert-OH is 1. The average Bonchev–Trinajstić information content (AvgIpc) is 2.82. The van der Waals surface area contributed by atoms with Crippen LogP contribution in [0, 0.1) is 13.8 Å². The van der Waals surface area contributed by atoms with Gasteiger partial charge >= 0.3 is 0 Å². The van der Waals surface area contributed by atoms with Crippen LogP contribution >= 0.6 is 27.3 Å². The lowest BCUT2D eigenvalue weighted by Gasteiger charge is -2.13. The maximum Gasteiger partial charge on any atom is 0.133 e. The number of rotatable bonds is 4. The Kier molecular flexibility index (Phi) is 4.19. The van der Waals surface area contributed by atoms with Crippen LogP contribution < -0.4 is 0 Å². The lowest BCUT2D eigenvalue weighted by molar-refractivity contribution is 0.209. The second kappa shape index (κ2) is 5.50. The summed E-state index contributed by atoms with van der Waals surface area (Å²) in [6.45, 7) is 6.77. The second-order valence-corrected chi connectivity index (χ2v) is 6.28. The van der Waals surface area contributed by atoms with Crippen molar-refractivity contribution in [2.45, 2.75) is 39.8 Å². The van der Waals surface area contributed by atoms with Gasteiger partial charge in [0.2, 0.25) is 0 Å². The van der Waals surface area contributed by atoms with Crippen molar-refractivity contribution in [3.05, 3.63) is 31.9 Å². The third-order valence-corrected chi connectivity index (χ3v) is 4.45. The molecule has 0 aromatic carbocycles. The number of aliphatic hydroxyl groups is 1. The summed E-state index contributed by atoms with van der Waals surface area (Å²) in [6, 6.07) is 0. The van der Waals surface area contributed by atoms with Crippen LogP contribution in [0.5, 0.6) is 0 Å². The van der Waals surface area contributed by atoms with E-state index in [-0.39, 0.29) is 0 Å². The fraction of sp³-hybridized carbons (Fsp3) is 0.500. The van der Waals surface area contributed by atoms with Crippen LogP contribution in [0.15, 0.2) is 10.7 Å². The van der Waals surface area contributed by atoms with Crippen LogP contribution in [0.1, 0.15) is 40.7 Å². The van der Waals surface area contributed by atoms with Crippen molar-refractivity contribution in [2.75, 3.05) is 0 Å². The Hall–Kier alpha value is -0.720. The Morgan fingerprint density at radius 3 is 2.78 bits per heavy atom. The van der Waals surface area contributed by atoms with E-state index in [2.05, 4.69) is 32.9 Å². The van der Waals surface area contributed by atoms with Crippen molar-refractivity contribution in [1.82, 2.24) is 14.8 Å². The van der Waals surface area contributed by atoms with Crippen molar-refractivity contribution in [2.24, 2.45) is 0 Å². The fourth-order valence-electron chi connectivity index (χ4n) is 1.96. The van der Waals surface area contributed by atoms with Gasteiger partial charge in [0, 0.05) is 6.54 Å². The minimum Gasteiger partial charge on any atom is -0.381 e. The van der Waals surface area contributed by atoms with Gasteiger partial charge in [-0.1, -0.05) is 6.92 Å². The second-order valence-electron chi connectivity index (χ2n) is 4.19. The van der Waals surface area contributed by atoms with Crippen LogP contribution in [0.4, 0.5) is 0 Å². The van der Waals surface area contributed by atoms with Crippen LogP contribution in [-0.2, 0) is 6.54 Å². The van der Waals surface area contributed by atoms with Crippen molar-refractivity contribution in [1.29, 1.82) is 0 Å². The molecule has 98 valence electrons. The quantitative estimate of drug-likeness (QED) is 0.936. The van der Waals surface area contributed by atoms with Gasteiger partial charge in [-0.3, -0.25) is 4.68 Å². The highest BCUT2D eigenvalue weighted by Gasteiger charge is 2.23. The first-order chi connectivity index (χ1) is 8.54. The summed E-state index contributed by atoms with van der Waals surface area (Å²) >= 11 is 4.99. The van der Waals surface area contributed by atoms with Gasteiger partial charge in [0.1, 0.15) is 6.10 Å². The standard InChI is InChI=1S/C12H16BrN3OS/c1-4-5-16-10(9(13)6-14-16)11(17)12-7(2)15-8(3)18-12/h6,11,17H,4-5H2,1-3H3. The van der Waals surface area contributed by atoms with Gasteiger partial charge in [-0.25, -0.2) is 4.98 Å². The molecule has 0 amide bonds. The smallest absolute Gasteiger partial charge is 0.133 e. The first-order valence-corrected chi connectivity index (χ1v) is 7.48. The summed E-state index contributed by atoms with van der Waals surface area (Å²) < 4.78 is 2.69. The number of thiazole rings is 1. The number of aromatic nitrogens is 3. The molecule has 0 saturated heterocycles. The molecule has 6 heteroatoms. The largest absolute Gasteiger partial charge is 0.381 e. The van der Waals surface area contributed by atoms with E-state index in [9.17, 15) is 5.11 Å². The molecule has 0 bridgehead atoms. The van der Waals surface area contributed by atoms with Crippen molar-refractivity contribution < 1.29 is 5.11 Å². The lowest BCUT2D eigenvalue weighted by atomic mass is 10.2. The van der Waals surface area contributed by atoms with E-state index in [0.29, 0.717) is 0 Å². The van der Waals surface area contributed by atoms with Crippen molar-refractivity contribution in [3.8, 4) is 0 Å². The van der Waals surface area contributed by atoms with Gasteiger partial charge in [0.05, 0.1) is 31.9 Å². The maximum atomic E-state index is 10.5. The molecule has 1 atom stereocenters. The van der Waals surface area contributed by atoms with E-state index in [4.69, 9.17) is 0 Å². The van der Waals surface area contributed by atoms with Gasteiger partial charge < -0.3 is 5.11 Å².